The maximum atomic E-state index is 13.7. The van der Waals surface area contributed by atoms with Crippen molar-refractivity contribution in [2.24, 2.45) is 0 Å². The van der Waals surface area contributed by atoms with Crippen LogP contribution in [0, 0.1) is 0 Å². The normalized spacial score (nSPS) is 15.0. The number of benzene rings is 3. The highest BCUT2D eigenvalue weighted by molar-refractivity contribution is 6.30. The standard InChI is InChI=1S/C28H26ClN3O/c1-19(2)20-9-11-21(12-10-20)27-26-8-5-17-31(26)25-7-4-3-6-22(25)18-32(27)28(33)30-24-15-13-23(29)14-16-24/h3-17,19,27H,18H2,1-2H3,(H,30,33)/t27-/m0/s1. The zero-order valence-corrected chi connectivity index (χ0v) is 19.5. The van der Waals surface area contributed by atoms with Crippen molar-refractivity contribution in [3.63, 3.8) is 0 Å². The second-order valence-corrected chi connectivity index (χ2v) is 9.16. The molecule has 4 aromatic rings. The summed E-state index contributed by atoms with van der Waals surface area (Å²) in [6.45, 7) is 4.87. The summed E-state index contributed by atoms with van der Waals surface area (Å²) in [7, 11) is 0. The Morgan fingerprint density at radius 2 is 1.67 bits per heavy atom. The summed E-state index contributed by atoms with van der Waals surface area (Å²) in [4.78, 5) is 15.6. The van der Waals surface area contributed by atoms with E-state index in [1.54, 1.807) is 12.1 Å². The lowest BCUT2D eigenvalue weighted by molar-refractivity contribution is 0.194. The molecule has 0 unspecified atom stereocenters. The van der Waals surface area contributed by atoms with Gasteiger partial charge in [0.1, 0.15) is 0 Å². The van der Waals surface area contributed by atoms with Crippen molar-refractivity contribution < 1.29 is 4.79 Å². The van der Waals surface area contributed by atoms with Crippen LogP contribution in [0.1, 0.15) is 48.2 Å². The van der Waals surface area contributed by atoms with Gasteiger partial charge in [-0.3, -0.25) is 0 Å². The van der Waals surface area contributed by atoms with Crippen molar-refractivity contribution in [3.8, 4) is 5.69 Å². The smallest absolute Gasteiger partial charge is 0.318 e. The molecule has 2 heterocycles. The van der Waals surface area contributed by atoms with Crippen LogP contribution in [0.5, 0.6) is 0 Å². The summed E-state index contributed by atoms with van der Waals surface area (Å²) < 4.78 is 2.20. The minimum atomic E-state index is -0.235. The summed E-state index contributed by atoms with van der Waals surface area (Å²) in [5.41, 5.74) is 6.34. The monoisotopic (exact) mass is 455 g/mol. The molecular formula is C28H26ClN3O. The Morgan fingerprint density at radius 1 is 0.939 bits per heavy atom. The highest BCUT2D eigenvalue weighted by atomic mass is 35.5. The van der Waals surface area contributed by atoms with Gasteiger partial charge < -0.3 is 14.8 Å². The number of nitrogens with zero attached hydrogens (tertiary/aromatic N) is 2. The number of carbonyl (C=O) groups excluding carboxylic acids is 1. The minimum absolute atomic E-state index is 0.153. The van der Waals surface area contributed by atoms with Gasteiger partial charge in [0.25, 0.3) is 0 Å². The van der Waals surface area contributed by atoms with E-state index in [-0.39, 0.29) is 12.1 Å². The molecule has 4 nitrogen and oxygen atoms in total. The van der Waals surface area contributed by atoms with Crippen molar-refractivity contribution in [3.05, 3.63) is 119 Å². The number of carbonyl (C=O) groups is 1. The first kappa shape index (κ1) is 21.4. The van der Waals surface area contributed by atoms with Crippen LogP contribution in [0.15, 0.2) is 91.1 Å². The molecule has 5 heteroatoms. The van der Waals surface area contributed by atoms with E-state index in [1.165, 1.54) is 5.56 Å². The first-order chi connectivity index (χ1) is 16.0. The van der Waals surface area contributed by atoms with Crippen LogP contribution < -0.4 is 5.32 Å². The number of hydrogen-bond donors (Lipinski definition) is 1. The van der Waals surface area contributed by atoms with Gasteiger partial charge in [0.15, 0.2) is 0 Å². The van der Waals surface area contributed by atoms with Crippen LogP contribution in [0.2, 0.25) is 5.02 Å². The van der Waals surface area contributed by atoms with E-state index in [1.807, 2.05) is 35.2 Å². The molecule has 0 aliphatic carbocycles. The van der Waals surface area contributed by atoms with Gasteiger partial charge in [-0.1, -0.05) is 67.9 Å². The van der Waals surface area contributed by atoms with E-state index in [0.717, 1.165) is 22.5 Å². The summed E-state index contributed by atoms with van der Waals surface area (Å²) in [6, 6.07) is 27.9. The fraction of sp³-hybridized carbons (Fsp3) is 0.179. The van der Waals surface area contributed by atoms with Crippen molar-refractivity contribution in [2.75, 3.05) is 5.32 Å². The number of para-hydroxylation sites is 1. The first-order valence-corrected chi connectivity index (χ1v) is 11.6. The fourth-order valence-electron chi connectivity index (χ4n) is 4.48. The number of halogens is 1. The molecule has 0 radical (unpaired) electrons. The average Bonchev–Trinajstić information content (AvgIpc) is 3.25. The third-order valence-electron chi connectivity index (χ3n) is 6.24. The lowest BCUT2D eigenvalue weighted by Gasteiger charge is -2.31. The second-order valence-electron chi connectivity index (χ2n) is 8.72. The zero-order valence-electron chi connectivity index (χ0n) is 18.7. The molecule has 0 saturated heterocycles. The number of nitrogens with one attached hydrogen (secondary N) is 1. The second kappa shape index (κ2) is 8.80. The highest BCUT2D eigenvalue weighted by Crippen LogP contribution is 2.37. The van der Waals surface area contributed by atoms with Crippen LogP contribution in [0.3, 0.4) is 0 Å². The molecule has 0 spiro atoms. The van der Waals surface area contributed by atoms with Gasteiger partial charge in [0.2, 0.25) is 0 Å². The zero-order chi connectivity index (χ0) is 22.9. The van der Waals surface area contributed by atoms with Crippen molar-refractivity contribution in [1.29, 1.82) is 0 Å². The Labute approximate surface area is 199 Å². The number of urea groups is 1. The number of hydrogen-bond acceptors (Lipinski definition) is 1. The quantitative estimate of drug-likeness (QED) is 0.343. The summed E-state index contributed by atoms with van der Waals surface area (Å²) in [6.07, 6.45) is 2.07. The summed E-state index contributed by atoms with van der Waals surface area (Å²) in [5.74, 6) is 0.450. The van der Waals surface area contributed by atoms with Crippen LogP contribution in [0.25, 0.3) is 5.69 Å². The molecule has 3 aromatic carbocycles. The molecule has 1 atom stereocenters. The van der Waals surface area contributed by atoms with E-state index in [9.17, 15) is 4.79 Å². The molecule has 1 aliphatic rings. The van der Waals surface area contributed by atoms with Crippen molar-refractivity contribution in [2.45, 2.75) is 32.4 Å². The van der Waals surface area contributed by atoms with Gasteiger partial charge in [-0.25, -0.2) is 4.79 Å². The maximum Gasteiger partial charge on any atom is 0.322 e. The van der Waals surface area contributed by atoms with E-state index in [2.05, 4.69) is 72.4 Å². The van der Waals surface area contributed by atoms with Gasteiger partial charge in [0, 0.05) is 22.6 Å². The predicted molar refractivity (Wildman–Crippen MR) is 134 cm³/mol. The van der Waals surface area contributed by atoms with Gasteiger partial charge in [-0.05, 0) is 65.1 Å². The number of anilines is 1. The number of rotatable bonds is 3. The van der Waals surface area contributed by atoms with Crippen LogP contribution in [-0.2, 0) is 6.54 Å². The lowest BCUT2D eigenvalue weighted by atomic mass is 9.97. The highest BCUT2D eigenvalue weighted by Gasteiger charge is 2.33. The molecule has 0 bridgehead atoms. The third kappa shape index (κ3) is 4.14. The minimum Gasteiger partial charge on any atom is -0.318 e. The predicted octanol–water partition coefficient (Wildman–Crippen LogP) is 7.39. The Kier molecular flexibility index (Phi) is 5.69. The Hall–Kier alpha value is -3.50. The topological polar surface area (TPSA) is 37.3 Å². The van der Waals surface area contributed by atoms with Crippen LogP contribution >= 0.6 is 11.6 Å². The Balaban J connectivity index is 1.61. The van der Waals surface area contributed by atoms with Crippen molar-refractivity contribution >= 4 is 23.3 Å². The van der Waals surface area contributed by atoms with Crippen molar-refractivity contribution in [1.82, 2.24) is 9.47 Å². The van der Waals surface area contributed by atoms with Crippen LogP contribution in [-0.4, -0.2) is 15.5 Å². The average molecular weight is 456 g/mol. The fourth-order valence-corrected chi connectivity index (χ4v) is 4.61. The Morgan fingerprint density at radius 3 is 2.39 bits per heavy atom. The molecule has 166 valence electrons. The van der Waals surface area contributed by atoms with E-state index in [0.29, 0.717) is 23.2 Å². The number of fused-ring (bicyclic) bond motifs is 3. The lowest BCUT2D eigenvalue weighted by Crippen LogP contribution is -2.37. The molecule has 0 fully saturated rings. The molecule has 5 rings (SSSR count). The molecule has 33 heavy (non-hydrogen) atoms. The molecule has 0 saturated carbocycles. The first-order valence-electron chi connectivity index (χ1n) is 11.2. The number of amides is 2. The molecular weight excluding hydrogens is 430 g/mol. The SMILES string of the molecule is CC(C)c1ccc([C@H]2c3cccn3-c3ccccc3CN2C(=O)Nc2ccc(Cl)cc2)cc1. The molecule has 2 amide bonds. The molecule has 1 aliphatic heterocycles. The number of aromatic nitrogens is 1. The Bertz CT molecular complexity index is 1280. The summed E-state index contributed by atoms with van der Waals surface area (Å²) in [5, 5.41) is 3.71. The largest absolute Gasteiger partial charge is 0.322 e. The van der Waals surface area contributed by atoms with Gasteiger partial charge >= 0.3 is 6.03 Å². The molecule has 1 N–H and O–H groups in total. The van der Waals surface area contributed by atoms with E-state index < -0.39 is 0 Å². The van der Waals surface area contributed by atoms with Gasteiger partial charge in [-0.2, -0.15) is 0 Å². The third-order valence-corrected chi connectivity index (χ3v) is 6.49. The summed E-state index contributed by atoms with van der Waals surface area (Å²) >= 11 is 6.03. The van der Waals surface area contributed by atoms with Gasteiger partial charge in [-0.15, -0.1) is 0 Å². The van der Waals surface area contributed by atoms with Crippen LogP contribution in [0.4, 0.5) is 10.5 Å². The molecule has 1 aromatic heterocycles. The van der Waals surface area contributed by atoms with E-state index >= 15 is 0 Å². The maximum absolute atomic E-state index is 13.7. The van der Waals surface area contributed by atoms with Gasteiger partial charge in [0.05, 0.1) is 18.3 Å². The van der Waals surface area contributed by atoms with E-state index in [4.69, 9.17) is 11.6 Å².